The molecule has 0 spiro atoms. The molecule has 3 heterocycles. The Balaban J connectivity index is 1.50. The number of nitrogen functional groups attached to an aromatic ring is 1. The number of anilines is 1. The van der Waals surface area contributed by atoms with Gasteiger partial charge in [-0.05, 0) is 30.2 Å². The summed E-state index contributed by atoms with van der Waals surface area (Å²) in [4.78, 5) is 23.9. The van der Waals surface area contributed by atoms with E-state index in [0.717, 1.165) is 10.9 Å². The molecule has 5 atom stereocenters. The van der Waals surface area contributed by atoms with Gasteiger partial charge in [-0.25, -0.2) is 28.2 Å². The molecule has 1 saturated heterocycles. The van der Waals surface area contributed by atoms with E-state index in [9.17, 15) is 33.6 Å². The van der Waals surface area contributed by atoms with Gasteiger partial charge in [0, 0.05) is 0 Å². The number of nitrogens with zero attached hydrogens (tertiary/aromatic N) is 4. The quantitative estimate of drug-likeness (QED) is 0.172. The number of aromatic nitrogens is 4. The Kier molecular flexibility index (Phi) is 8.86. The van der Waals surface area contributed by atoms with Crippen LogP contribution in [0.15, 0.2) is 35.7 Å². The average Bonchev–Trinajstić information content (AvgIpc) is 3.44. The minimum Gasteiger partial charge on any atom is -0.491 e. The molecule has 1 fully saturated rings. The highest BCUT2D eigenvalue weighted by Crippen LogP contribution is 2.35. The van der Waals surface area contributed by atoms with Gasteiger partial charge < -0.3 is 40.4 Å². The maximum Gasteiger partial charge on any atom is 0.338 e. The number of nitrogens with two attached hydrogens (primary N) is 1. The second-order valence-corrected chi connectivity index (χ2v) is 11.6. The van der Waals surface area contributed by atoms with E-state index >= 15 is 0 Å². The molecule has 16 heteroatoms. The van der Waals surface area contributed by atoms with E-state index in [1.54, 1.807) is 0 Å². The van der Waals surface area contributed by atoms with Gasteiger partial charge in [-0.1, -0.05) is 13.8 Å². The summed E-state index contributed by atoms with van der Waals surface area (Å²) in [6, 6.07) is 5.93. The lowest BCUT2D eigenvalue weighted by molar-refractivity contribution is -0.0550. The molecule has 3 aromatic rings. The molecule has 0 radical (unpaired) electrons. The lowest BCUT2D eigenvalue weighted by atomic mass is 10.1. The van der Waals surface area contributed by atoms with Gasteiger partial charge in [0.05, 0.1) is 24.5 Å². The maximum atomic E-state index is 13.4. The van der Waals surface area contributed by atoms with Gasteiger partial charge in [0.15, 0.2) is 23.2 Å². The average molecular weight is 582 g/mol. The van der Waals surface area contributed by atoms with Gasteiger partial charge in [-0.2, -0.15) is 0 Å². The Labute approximate surface area is 229 Å². The van der Waals surface area contributed by atoms with E-state index in [0.29, 0.717) is 5.56 Å². The van der Waals surface area contributed by atoms with Gasteiger partial charge in [0.25, 0.3) is 0 Å². The molecule has 0 saturated carbocycles. The lowest BCUT2D eigenvalue weighted by Gasteiger charge is -2.20. The number of rotatable bonds is 11. The molecule has 0 aliphatic carbocycles. The first-order valence-electron chi connectivity index (χ1n) is 12.3. The number of hydrogen-bond acceptors (Lipinski definition) is 14. The zero-order valence-corrected chi connectivity index (χ0v) is 22.5. The van der Waals surface area contributed by atoms with Crippen molar-refractivity contribution in [3.05, 3.63) is 36.2 Å². The zero-order chi connectivity index (χ0) is 29.2. The Bertz CT molecular complexity index is 1450. The van der Waals surface area contributed by atoms with E-state index in [2.05, 4.69) is 15.0 Å². The third-order valence-electron chi connectivity index (χ3n) is 6.01. The molecule has 15 nitrogen and oxygen atoms in total. The van der Waals surface area contributed by atoms with E-state index in [-0.39, 0.29) is 35.3 Å². The Hall–Kier alpha value is -3.41. The molecular formula is C24H31N5O10S. The fourth-order valence-electron chi connectivity index (χ4n) is 4.03. The van der Waals surface area contributed by atoms with Crippen molar-refractivity contribution in [2.45, 2.75) is 49.6 Å². The third kappa shape index (κ3) is 6.16. The fraction of sp³-hybridized carbons (Fsp3) is 0.500. The predicted octanol–water partition coefficient (Wildman–Crippen LogP) is -0.954. The number of ether oxygens (including phenoxy) is 3. The van der Waals surface area contributed by atoms with Gasteiger partial charge >= 0.3 is 5.97 Å². The van der Waals surface area contributed by atoms with E-state index in [1.165, 1.54) is 24.3 Å². The van der Waals surface area contributed by atoms with Crippen LogP contribution >= 0.6 is 0 Å². The minimum atomic E-state index is -4.41. The second-order valence-electron chi connectivity index (χ2n) is 9.69. The summed E-state index contributed by atoms with van der Waals surface area (Å²) in [6.07, 6.45) is -6.32. The van der Waals surface area contributed by atoms with Crippen LogP contribution in [0.4, 0.5) is 5.82 Å². The highest BCUT2D eigenvalue weighted by molar-refractivity contribution is 7.91. The summed E-state index contributed by atoms with van der Waals surface area (Å²) in [5.74, 6) is -1.02. The molecule has 1 aromatic carbocycles. The Morgan fingerprint density at radius 1 is 1.15 bits per heavy atom. The topological polar surface area (TPSA) is 229 Å². The van der Waals surface area contributed by atoms with Crippen LogP contribution in [-0.2, 0) is 19.3 Å². The molecule has 6 N–H and O–H groups in total. The SMILES string of the molecule is CC(C)COC(=O)c1ccc(OC[C@H](O)CS(=O)(=O)c2nc3c(N)ncnc3n2[C@@H]2O[C@H](CO)[C@@H](O)[C@H]2O)cc1. The molecular weight excluding hydrogens is 550 g/mol. The first-order valence-corrected chi connectivity index (χ1v) is 14.0. The molecule has 1 aliphatic heterocycles. The zero-order valence-electron chi connectivity index (χ0n) is 21.7. The monoisotopic (exact) mass is 581 g/mol. The summed E-state index contributed by atoms with van der Waals surface area (Å²) in [5.41, 5.74) is 5.96. The summed E-state index contributed by atoms with van der Waals surface area (Å²) in [7, 11) is -4.41. The van der Waals surface area contributed by atoms with Crippen LogP contribution in [0.5, 0.6) is 5.75 Å². The number of aliphatic hydroxyl groups excluding tert-OH is 4. The van der Waals surface area contributed by atoms with Crippen LogP contribution in [0.3, 0.4) is 0 Å². The Morgan fingerprint density at radius 2 is 1.85 bits per heavy atom. The van der Waals surface area contributed by atoms with Crippen LogP contribution in [0.2, 0.25) is 0 Å². The summed E-state index contributed by atoms with van der Waals surface area (Å²) >= 11 is 0. The standard InChI is InChI=1S/C24H31N5O10S/c1-12(2)8-38-23(34)13-3-5-15(6-4-13)37-9-14(31)10-40(35,36)24-28-17-20(25)26-11-27-21(17)29(24)22-19(33)18(32)16(7-30)39-22/h3-6,11-12,14,16,18-19,22,30-33H,7-10H2,1-2H3,(H2,25,26,27)/t14-,16+,18+,19+,22+/m0/s1. The van der Waals surface area contributed by atoms with E-state index < -0.39 is 70.6 Å². The van der Waals surface area contributed by atoms with Crippen molar-refractivity contribution in [3.63, 3.8) is 0 Å². The number of benzene rings is 1. The number of aliphatic hydroxyl groups is 4. The smallest absolute Gasteiger partial charge is 0.338 e. The number of sulfone groups is 1. The number of carbonyl (C=O) groups is 1. The lowest BCUT2D eigenvalue weighted by Crippen LogP contribution is -2.34. The highest BCUT2D eigenvalue weighted by atomic mass is 32.2. The van der Waals surface area contributed by atoms with Gasteiger partial charge in [-0.3, -0.25) is 4.57 Å². The predicted molar refractivity (Wildman–Crippen MR) is 138 cm³/mol. The van der Waals surface area contributed by atoms with Crippen molar-refractivity contribution in [2.75, 3.05) is 31.3 Å². The largest absolute Gasteiger partial charge is 0.491 e. The summed E-state index contributed by atoms with van der Waals surface area (Å²) in [6.45, 7) is 3.04. The highest BCUT2D eigenvalue weighted by Gasteiger charge is 2.46. The first kappa shape index (κ1) is 29.6. The second kappa shape index (κ2) is 12.0. The summed E-state index contributed by atoms with van der Waals surface area (Å²) in [5, 5.41) is 40.1. The van der Waals surface area contributed by atoms with Crippen molar-refractivity contribution >= 4 is 32.8 Å². The molecule has 0 bridgehead atoms. The van der Waals surface area contributed by atoms with Crippen molar-refractivity contribution in [3.8, 4) is 5.75 Å². The molecule has 1 aliphatic rings. The van der Waals surface area contributed by atoms with Gasteiger partial charge in [0.2, 0.25) is 15.0 Å². The molecule has 0 amide bonds. The molecule has 40 heavy (non-hydrogen) atoms. The fourth-order valence-corrected chi connectivity index (χ4v) is 5.50. The number of fused-ring (bicyclic) bond motifs is 1. The van der Waals surface area contributed by atoms with Gasteiger partial charge in [0.1, 0.15) is 43.1 Å². The van der Waals surface area contributed by atoms with Crippen molar-refractivity contribution in [2.24, 2.45) is 5.92 Å². The minimum absolute atomic E-state index is 0.0985. The Morgan fingerprint density at radius 3 is 2.48 bits per heavy atom. The van der Waals surface area contributed by atoms with Crippen molar-refractivity contribution in [1.82, 2.24) is 19.5 Å². The normalized spacial score (nSPS) is 22.1. The van der Waals surface area contributed by atoms with Gasteiger partial charge in [-0.15, -0.1) is 0 Å². The number of imidazole rings is 1. The van der Waals surface area contributed by atoms with Crippen LogP contribution in [0.25, 0.3) is 11.2 Å². The van der Waals surface area contributed by atoms with Crippen molar-refractivity contribution < 1.29 is 47.8 Å². The van der Waals surface area contributed by atoms with Crippen LogP contribution in [-0.4, -0.2) is 104 Å². The molecule has 218 valence electrons. The summed E-state index contributed by atoms with van der Waals surface area (Å²) < 4.78 is 43.9. The van der Waals surface area contributed by atoms with E-state index in [1.807, 2.05) is 13.8 Å². The van der Waals surface area contributed by atoms with Crippen molar-refractivity contribution in [1.29, 1.82) is 0 Å². The number of carbonyl (C=O) groups excluding carboxylic acids is 1. The van der Waals surface area contributed by atoms with E-state index in [4.69, 9.17) is 19.9 Å². The van der Waals surface area contributed by atoms with Crippen LogP contribution in [0, 0.1) is 5.92 Å². The molecule has 4 rings (SSSR count). The molecule has 0 unspecified atom stereocenters. The third-order valence-corrected chi connectivity index (χ3v) is 7.68. The van der Waals surface area contributed by atoms with Crippen LogP contribution < -0.4 is 10.5 Å². The van der Waals surface area contributed by atoms with Crippen LogP contribution in [0.1, 0.15) is 30.4 Å². The number of esters is 1. The first-order chi connectivity index (χ1) is 18.9. The number of hydrogen-bond donors (Lipinski definition) is 5. The molecule has 2 aromatic heterocycles. The maximum absolute atomic E-state index is 13.4.